The molecule has 0 radical (unpaired) electrons. The van der Waals surface area contributed by atoms with Crippen LogP contribution in [-0.2, 0) is 10.3 Å². The van der Waals surface area contributed by atoms with Crippen LogP contribution < -0.4 is 5.32 Å². The van der Waals surface area contributed by atoms with Gasteiger partial charge in [-0.2, -0.15) is 0 Å². The predicted molar refractivity (Wildman–Crippen MR) is 116 cm³/mol. The fraction of sp³-hybridized carbons (Fsp3) is 0.440. The van der Waals surface area contributed by atoms with Gasteiger partial charge in [-0.15, -0.1) is 0 Å². The van der Waals surface area contributed by atoms with E-state index < -0.39 is 5.54 Å². The van der Waals surface area contributed by atoms with Crippen LogP contribution in [-0.4, -0.2) is 40.5 Å². The third-order valence-electron chi connectivity index (χ3n) is 6.88. The number of urea groups is 1. The van der Waals surface area contributed by atoms with Crippen LogP contribution in [0.4, 0.5) is 4.79 Å². The molecule has 5 heteroatoms. The molecule has 2 aromatic carbocycles. The molecule has 3 fully saturated rings. The van der Waals surface area contributed by atoms with Gasteiger partial charge in [-0.3, -0.25) is 9.69 Å². The Morgan fingerprint density at radius 2 is 1.33 bits per heavy atom. The lowest BCUT2D eigenvalue weighted by atomic mass is 9.83. The fourth-order valence-electron chi connectivity index (χ4n) is 5.15. The molecule has 0 bridgehead atoms. The van der Waals surface area contributed by atoms with Crippen LogP contribution in [0.5, 0.6) is 0 Å². The lowest BCUT2D eigenvalue weighted by molar-refractivity contribution is -0.132. The van der Waals surface area contributed by atoms with E-state index in [4.69, 9.17) is 0 Å². The van der Waals surface area contributed by atoms with Gasteiger partial charge in [0, 0.05) is 12.1 Å². The molecule has 30 heavy (non-hydrogen) atoms. The molecule has 1 saturated heterocycles. The van der Waals surface area contributed by atoms with Crippen molar-refractivity contribution in [1.82, 2.24) is 15.1 Å². The third kappa shape index (κ3) is 3.31. The topological polar surface area (TPSA) is 52.7 Å². The molecule has 0 unspecified atom stereocenters. The van der Waals surface area contributed by atoms with E-state index in [0.717, 1.165) is 11.1 Å². The van der Waals surface area contributed by atoms with E-state index in [2.05, 4.69) is 10.2 Å². The molecule has 0 spiro atoms. The molecule has 3 amide bonds. The van der Waals surface area contributed by atoms with Gasteiger partial charge in [0.25, 0.3) is 5.91 Å². The lowest BCUT2D eigenvalue weighted by Gasteiger charge is -2.36. The minimum Gasteiger partial charge on any atom is -0.315 e. The van der Waals surface area contributed by atoms with Crippen LogP contribution in [0.2, 0.25) is 0 Å². The van der Waals surface area contributed by atoms with Crippen molar-refractivity contribution < 1.29 is 9.59 Å². The van der Waals surface area contributed by atoms with Crippen molar-refractivity contribution in [2.45, 2.75) is 62.6 Å². The number of carbonyl (C=O) groups excluding carboxylic acids is 2. The highest BCUT2D eigenvalue weighted by Crippen LogP contribution is 2.38. The fourth-order valence-corrected chi connectivity index (χ4v) is 5.15. The van der Waals surface area contributed by atoms with Gasteiger partial charge in [-0.1, -0.05) is 79.9 Å². The van der Waals surface area contributed by atoms with E-state index in [9.17, 15) is 9.59 Å². The second kappa shape index (κ2) is 7.88. The van der Waals surface area contributed by atoms with Crippen LogP contribution in [0.3, 0.4) is 0 Å². The van der Waals surface area contributed by atoms with Gasteiger partial charge in [0.15, 0.2) is 5.54 Å². The van der Waals surface area contributed by atoms with Crippen LogP contribution in [0.15, 0.2) is 60.7 Å². The summed E-state index contributed by atoms with van der Waals surface area (Å²) < 4.78 is 0. The first-order valence-electron chi connectivity index (χ1n) is 11.2. The molecule has 156 valence electrons. The van der Waals surface area contributed by atoms with E-state index in [-0.39, 0.29) is 11.9 Å². The van der Waals surface area contributed by atoms with Crippen molar-refractivity contribution in [2.75, 3.05) is 6.67 Å². The molecule has 2 aromatic rings. The van der Waals surface area contributed by atoms with E-state index in [1.807, 2.05) is 60.7 Å². The number of hydrogen-bond donors (Lipinski definition) is 1. The molecule has 0 atom stereocenters. The number of imide groups is 1. The first-order valence-corrected chi connectivity index (χ1v) is 11.2. The summed E-state index contributed by atoms with van der Waals surface area (Å²) in [5, 5.41) is 3.08. The maximum absolute atomic E-state index is 13.9. The summed E-state index contributed by atoms with van der Waals surface area (Å²) in [7, 11) is 0. The zero-order valence-corrected chi connectivity index (χ0v) is 17.3. The SMILES string of the molecule is O=C1NC(c2ccccc2)(c2ccccc2)C(=O)N1CN(C1CCCCC1)C1CC1. The molecule has 3 aliphatic rings. The number of rotatable bonds is 6. The quantitative estimate of drug-likeness (QED) is 0.734. The lowest BCUT2D eigenvalue weighted by Crippen LogP contribution is -2.49. The number of nitrogens with zero attached hydrogens (tertiary/aromatic N) is 2. The maximum Gasteiger partial charge on any atom is 0.326 e. The van der Waals surface area contributed by atoms with Gasteiger partial charge in [-0.05, 0) is 36.8 Å². The van der Waals surface area contributed by atoms with Crippen LogP contribution in [0, 0.1) is 0 Å². The number of nitrogens with one attached hydrogen (secondary N) is 1. The Labute approximate surface area is 178 Å². The molecule has 2 aliphatic carbocycles. The zero-order valence-electron chi connectivity index (χ0n) is 17.3. The normalized spacial score (nSPS) is 21.8. The van der Waals surface area contributed by atoms with Gasteiger partial charge >= 0.3 is 6.03 Å². The summed E-state index contributed by atoms with van der Waals surface area (Å²) in [5.74, 6) is -0.175. The number of benzene rings is 2. The van der Waals surface area contributed by atoms with Crippen molar-refractivity contribution in [1.29, 1.82) is 0 Å². The maximum atomic E-state index is 13.9. The van der Waals surface area contributed by atoms with Crippen LogP contribution in [0.25, 0.3) is 0 Å². The summed E-state index contributed by atoms with van der Waals surface area (Å²) >= 11 is 0. The summed E-state index contributed by atoms with van der Waals surface area (Å²) in [6, 6.07) is 19.9. The predicted octanol–water partition coefficient (Wildman–Crippen LogP) is 4.24. The number of amides is 3. The van der Waals surface area contributed by atoms with Crippen molar-refractivity contribution in [2.24, 2.45) is 0 Å². The Balaban J connectivity index is 1.49. The number of carbonyl (C=O) groups is 2. The van der Waals surface area contributed by atoms with Crippen molar-refractivity contribution in [3.05, 3.63) is 71.8 Å². The van der Waals surface area contributed by atoms with E-state index in [1.165, 1.54) is 49.8 Å². The van der Waals surface area contributed by atoms with Gasteiger partial charge in [0.1, 0.15) is 0 Å². The smallest absolute Gasteiger partial charge is 0.315 e. The third-order valence-corrected chi connectivity index (χ3v) is 6.88. The van der Waals surface area contributed by atoms with Gasteiger partial charge in [0.2, 0.25) is 0 Å². The molecule has 2 saturated carbocycles. The average Bonchev–Trinajstić information content (AvgIpc) is 3.61. The monoisotopic (exact) mass is 403 g/mol. The van der Waals surface area contributed by atoms with E-state index in [1.54, 1.807) is 0 Å². The first kappa shape index (κ1) is 19.3. The highest BCUT2D eigenvalue weighted by atomic mass is 16.2. The Kier molecular flexibility index (Phi) is 5.07. The largest absolute Gasteiger partial charge is 0.326 e. The van der Waals surface area contributed by atoms with Gasteiger partial charge in [-0.25, -0.2) is 9.69 Å². The Morgan fingerprint density at radius 1 is 0.800 bits per heavy atom. The summed E-state index contributed by atoms with van der Waals surface area (Å²) in [4.78, 5) is 31.0. The Hall–Kier alpha value is -2.66. The molecule has 1 N–H and O–H groups in total. The highest BCUT2D eigenvalue weighted by molar-refractivity contribution is 6.09. The molecule has 5 rings (SSSR count). The molecular weight excluding hydrogens is 374 g/mol. The Morgan fingerprint density at radius 3 is 1.87 bits per heavy atom. The molecule has 1 heterocycles. The molecular formula is C25H29N3O2. The van der Waals surface area contributed by atoms with Crippen LogP contribution >= 0.6 is 0 Å². The highest BCUT2D eigenvalue weighted by Gasteiger charge is 2.54. The summed E-state index contributed by atoms with van der Waals surface area (Å²) in [6.45, 7) is 0.390. The van der Waals surface area contributed by atoms with Gasteiger partial charge < -0.3 is 5.32 Å². The molecule has 5 nitrogen and oxygen atoms in total. The van der Waals surface area contributed by atoms with Gasteiger partial charge in [0.05, 0.1) is 6.67 Å². The van der Waals surface area contributed by atoms with Crippen molar-refractivity contribution >= 4 is 11.9 Å². The Bertz CT molecular complexity index is 865. The van der Waals surface area contributed by atoms with E-state index >= 15 is 0 Å². The standard InChI is InChI=1S/C25H29N3O2/c29-23-25(19-10-4-1-5-11-19,20-12-6-2-7-13-20)26-24(30)28(23)18-27(22-16-17-22)21-14-8-3-9-15-21/h1-2,4-7,10-13,21-22H,3,8-9,14-18H2,(H,26,30). The summed E-state index contributed by atoms with van der Waals surface area (Å²) in [6.07, 6.45) is 8.46. The number of hydrogen-bond acceptors (Lipinski definition) is 3. The van der Waals surface area contributed by atoms with Crippen molar-refractivity contribution in [3.63, 3.8) is 0 Å². The zero-order chi connectivity index (χ0) is 20.6. The first-order chi connectivity index (χ1) is 14.7. The summed E-state index contributed by atoms with van der Waals surface area (Å²) in [5.41, 5.74) is 0.432. The van der Waals surface area contributed by atoms with Crippen molar-refractivity contribution in [3.8, 4) is 0 Å². The molecule has 1 aliphatic heterocycles. The molecule has 0 aromatic heterocycles. The van der Waals surface area contributed by atoms with Crippen LogP contribution in [0.1, 0.15) is 56.1 Å². The second-order valence-electron chi connectivity index (χ2n) is 8.82. The van der Waals surface area contributed by atoms with E-state index in [0.29, 0.717) is 18.8 Å². The average molecular weight is 404 g/mol. The second-order valence-corrected chi connectivity index (χ2v) is 8.82. The minimum atomic E-state index is -1.17. The minimum absolute atomic E-state index is 0.175.